The van der Waals surface area contributed by atoms with Crippen molar-refractivity contribution in [2.45, 2.75) is 19.3 Å². The lowest BCUT2D eigenvalue weighted by molar-refractivity contribution is 0.0697. The third-order valence-electron chi connectivity index (χ3n) is 3.19. The van der Waals surface area contributed by atoms with E-state index >= 15 is 0 Å². The molecule has 1 fully saturated rings. The molecule has 0 radical (unpaired) electrons. The lowest BCUT2D eigenvalue weighted by Crippen LogP contribution is -1.93. The third kappa shape index (κ3) is 2.72. The maximum absolute atomic E-state index is 10.2. The Balaban J connectivity index is 0.000000123. The van der Waals surface area contributed by atoms with Crippen LogP contribution in [0.5, 0.6) is 0 Å². The average Bonchev–Trinajstić information content (AvgIpc) is 2.95. The van der Waals surface area contributed by atoms with Crippen LogP contribution >= 0.6 is 0 Å². The van der Waals surface area contributed by atoms with Gasteiger partial charge in [0, 0.05) is 0 Å². The van der Waals surface area contributed by atoms with Crippen molar-refractivity contribution in [2.75, 3.05) is 0 Å². The molecule has 1 aromatic carbocycles. The van der Waals surface area contributed by atoms with Crippen LogP contribution in [0.4, 0.5) is 0 Å². The van der Waals surface area contributed by atoms with Crippen LogP contribution in [0.1, 0.15) is 29.6 Å². The van der Waals surface area contributed by atoms with E-state index in [1.165, 1.54) is 19.3 Å². The highest BCUT2D eigenvalue weighted by Gasteiger charge is 2.25. The van der Waals surface area contributed by atoms with Gasteiger partial charge in [-0.25, -0.2) is 4.79 Å². The maximum Gasteiger partial charge on any atom is 0.335 e. The second-order valence-corrected chi connectivity index (χ2v) is 4.39. The van der Waals surface area contributed by atoms with E-state index in [2.05, 4.69) is 12.2 Å². The van der Waals surface area contributed by atoms with Crippen molar-refractivity contribution in [2.24, 2.45) is 11.8 Å². The van der Waals surface area contributed by atoms with Gasteiger partial charge in [-0.05, 0) is 43.2 Å². The zero-order chi connectivity index (χ0) is 11.4. The molecule has 1 aromatic rings. The molecule has 0 aromatic heterocycles. The summed E-state index contributed by atoms with van der Waals surface area (Å²) in [6, 6.07) is 8.30. The van der Waals surface area contributed by atoms with Crippen molar-refractivity contribution in [3.63, 3.8) is 0 Å². The predicted octanol–water partition coefficient (Wildman–Crippen LogP) is 3.36. The van der Waals surface area contributed by atoms with Gasteiger partial charge in [-0.3, -0.25) is 0 Å². The lowest BCUT2D eigenvalue weighted by atomic mass is 10.1. The molecule has 84 valence electrons. The first-order chi connectivity index (χ1) is 7.75. The molecule has 2 bridgehead atoms. The number of carboxylic acids is 1. The monoisotopic (exact) mass is 216 g/mol. The van der Waals surface area contributed by atoms with Crippen molar-refractivity contribution in [3.8, 4) is 0 Å². The van der Waals surface area contributed by atoms with E-state index in [9.17, 15) is 4.79 Å². The summed E-state index contributed by atoms with van der Waals surface area (Å²) in [5.41, 5.74) is 0.331. The second kappa shape index (κ2) is 4.97. The van der Waals surface area contributed by atoms with E-state index in [4.69, 9.17) is 5.11 Å². The summed E-state index contributed by atoms with van der Waals surface area (Å²) in [7, 11) is 0. The van der Waals surface area contributed by atoms with Gasteiger partial charge in [0.1, 0.15) is 0 Å². The van der Waals surface area contributed by atoms with Gasteiger partial charge in [0.05, 0.1) is 5.56 Å². The van der Waals surface area contributed by atoms with E-state index in [0.29, 0.717) is 5.56 Å². The minimum absolute atomic E-state index is 0.331. The Bertz CT molecular complexity index is 369. The van der Waals surface area contributed by atoms with Crippen LogP contribution in [0.15, 0.2) is 42.5 Å². The van der Waals surface area contributed by atoms with Crippen LogP contribution in [-0.4, -0.2) is 11.1 Å². The molecule has 2 unspecified atom stereocenters. The molecular weight excluding hydrogens is 200 g/mol. The van der Waals surface area contributed by atoms with E-state index < -0.39 is 5.97 Å². The first-order valence-corrected chi connectivity index (χ1v) is 5.72. The Kier molecular flexibility index (Phi) is 3.40. The van der Waals surface area contributed by atoms with E-state index in [1.807, 2.05) is 0 Å². The number of fused-ring (bicyclic) bond motifs is 2. The summed E-state index contributed by atoms with van der Waals surface area (Å²) in [5.74, 6) is 1.10. The second-order valence-electron chi connectivity index (χ2n) is 4.39. The molecule has 0 spiro atoms. The van der Waals surface area contributed by atoms with Crippen molar-refractivity contribution < 1.29 is 9.90 Å². The Labute approximate surface area is 95.6 Å². The van der Waals surface area contributed by atoms with Crippen LogP contribution in [0.3, 0.4) is 0 Å². The Morgan fingerprint density at radius 1 is 1.06 bits per heavy atom. The van der Waals surface area contributed by atoms with Gasteiger partial charge >= 0.3 is 5.97 Å². The maximum atomic E-state index is 10.2. The van der Waals surface area contributed by atoms with E-state index in [0.717, 1.165) is 11.8 Å². The van der Waals surface area contributed by atoms with Gasteiger partial charge in [-0.2, -0.15) is 0 Å². The predicted molar refractivity (Wildman–Crippen MR) is 63.4 cm³/mol. The number of carbonyl (C=O) groups is 1. The fourth-order valence-corrected chi connectivity index (χ4v) is 2.30. The minimum Gasteiger partial charge on any atom is -0.478 e. The van der Waals surface area contributed by atoms with Crippen molar-refractivity contribution in [1.82, 2.24) is 0 Å². The number of allylic oxidation sites excluding steroid dienone is 2. The summed E-state index contributed by atoms with van der Waals surface area (Å²) in [6.07, 6.45) is 9.19. The largest absolute Gasteiger partial charge is 0.478 e. The van der Waals surface area contributed by atoms with Gasteiger partial charge in [-0.15, -0.1) is 0 Å². The summed E-state index contributed by atoms with van der Waals surface area (Å²) in [6.45, 7) is 0. The minimum atomic E-state index is -0.879. The molecule has 0 amide bonds. The molecule has 0 saturated heterocycles. The Morgan fingerprint density at radius 2 is 1.62 bits per heavy atom. The zero-order valence-electron chi connectivity index (χ0n) is 9.17. The van der Waals surface area contributed by atoms with Crippen molar-refractivity contribution >= 4 is 5.97 Å². The van der Waals surface area contributed by atoms with Crippen LogP contribution in [0.2, 0.25) is 0 Å². The van der Waals surface area contributed by atoms with Crippen LogP contribution in [0.25, 0.3) is 0 Å². The number of carboxylic acid groups (broad SMARTS) is 1. The standard InChI is InChI=1S/C7H6O2.C7H10/c8-7(9)6-4-2-1-3-5-6;1-2-7-4-3-6(1)5-7/h1-5H,(H,8,9);1-2,6-7H,3-5H2. The molecule has 2 heteroatoms. The highest BCUT2D eigenvalue weighted by molar-refractivity contribution is 5.87. The summed E-state index contributed by atoms with van der Waals surface area (Å²) in [4.78, 5) is 10.2. The van der Waals surface area contributed by atoms with Gasteiger partial charge in [-0.1, -0.05) is 30.4 Å². The van der Waals surface area contributed by atoms with E-state index in [1.54, 1.807) is 30.3 Å². The zero-order valence-corrected chi connectivity index (χ0v) is 9.17. The number of aromatic carboxylic acids is 1. The SMILES string of the molecule is C1=CC2CCC1C2.O=C(O)c1ccccc1. The number of hydrogen-bond donors (Lipinski definition) is 1. The molecule has 2 aliphatic rings. The van der Waals surface area contributed by atoms with Gasteiger partial charge in [0.15, 0.2) is 0 Å². The lowest BCUT2D eigenvalue weighted by Gasteiger charge is -1.96. The molecule has 0 heterocycles. The average molecular weight is 216 g/mol. The molecule has 2 nitrogen and oxygen atoms in total. The summed E-state index contributed by atoms with van der Waals surface area (Å²) in [5, 5.41) is 8.38. The van der Waals surface area contributed by atoms with Crippen LogP contribution in [-0.2, 0) is 0 Å². The number of benzene rings is 1. The smallest absolute Gasteiger partial charge is 0.335 e. The summed E-state index contributed by atoms with van der Waals surface area (Å²) >= 11 is 0. The molecule has 1 N–H and O–H groups in total. The highest BCUT2D eigenvalue weighted by Crippen LogP contribution is 2.38. The highest BCUT2D eigenvalue weighted by atomic mass is 16.4. The molecule has 0 aliphatic heterocycles. The van der Waals surface area contributed by atoms with Crippen LogP contribution < -0.4 is 0 Å². The third-order valence-corrected chi connectivity index (χ3v) is 3.19. The molecular formula is C14H16O2. The molecule has 3 rings (SSSR count). The molecule has 1 saturated carbocycles. The quantitative estimate of drug-likeness (QED) is 0.731. The van der Waals surface area contributed by atoms with Crippen molar-refractivity contribution in [1.29, 1.82) is 0 Å². The summed E-state index contributed by atoms with van der Waals surface area (Å²) < 4.78 is 0. The van der Waals surface area contributed by atoms with Gasteiger partial charge in [0.2, 0.25) is 0 Å². The van der Waals surface area contributed by atoms with Gasteiger partial charge < -0.3 is 5.11 Å². The topological polar surface area (TPSA) is 37.3 Å². The van der Waals surface area contributed by atoms with Crippen LogP contribution in [0, 0.1) is 11.8 Å². The van der Waals surface area contributed by atoms with E-state index in [-0.39, 0.29) is 0 Å². The van der Waals surface area contributed by atoms with Gasteiger partial charge in [0.25, 0.3) is 0 Å². The number of hydrogen-bond acceptors (Lipinski definition) is 1. The molecule has 16 heavy (non-hydrogen) atoms. The fraction of sp³-hybridized carbons (Fsp3) is 0.357. The first-order valence-electron chi connectivity index (χ1n) is 5.72. The Hall–Kier alpha value is -1.57. The molecule has 2 atom stereocenters. The molecule has 2 aliphatic carbocycles. The Morgan fingerprint density at radius 3 is 1.88 bits per heavy atom. The fourth-order valence-electron chi connectivity index (χ4n) is 2.30. The van der Waals surface area contributed by atoms with Crippen molar-refractivity contribution in [3.05, 3.63) is 48.0 Å². The normalized spacial score (nSPS) is 25.0. The first kappa shape index (κ1) is 10.9. The number of rotatable bonds is 1.